The molecule has 0 N–H and O–H groups in total. The third-order valence-electron chi connectivity index (χ3n) is 1.75. The summed E-state index contributed by atoms with van der Waals surface area (Å²) in [7, 11) is 0. The quantitative estimate of drug-likeness (QED) is 0.594. The summed E-state index contributed by atoms with van der Waals surface area (Å²) in [6, 6.07) is 2.30. The van der Waals surface area contributed by atoms with Crippen molar-refractivity contribution in [2.45, 2.75) is 19.7 Å². The van der Waals surface area contributed by atoms with E-state index in [4.69, 9.17) is 0 Å². The van der Waals surface area contributed by atoms with E-state index in [9.17, 15) is 22.4 Å². The van der Waals surface area contributed by atoms with E-state index in [-0.39, 0.29) is 12.0 Å². The second-order valence-electron chi connectivity index (χ2n) is 3.00. The predicted molar refractivity (Wildman–Crippen MR) is 47.7 cm³/mol. The molecule has 0 aliphatic carbocycles. The molecule has 0 fully saturated rings. The summed E-state index contributed by atoms with van der Waals surface area (Å²) >= 11 is 0. The molecule has 1 rings (SSSR count). The molecule has 0 bridgehead atoms. The maximum Gasteiger partial charge on any atom is 0.573 e. The smallest absolute Gasteiger partial charge is 0.406 e. The van der Waals surface area contributed by atoms with Crippen molar-refractivity contribution in [3.63, 3.8) is 0 Å². The molecule has 88 valence electrons. The van der Waals surface area contributed by atoms with Gasteiger partial charge in [-0.2, -0.15) is 0 Å². The zero-order valence-electron chi connectivity index (χ0n) is 8.27. The highest BCUT2D eigenvalue weighted by Gasteiger charge is 2.31. The third kappa shape index (κ3) is 3.52. The molecule has 0 saturated carbocycles. The van der Waals surface area contributed by atoms with Crippen LogP contribution in [0.25, 0.3) is 0 Å². The van der Waals surface area contributed by atoms with Crippen molar-refractivity contribution in [1.82, 2.24) is 0 Å². The SMILES string of the molecule is CCC(=O)c1cc(F)cc(OC(F)(F)F)c1. The Morgan fingerprint density at radius 2 is 1.94 bits per heavy atom. The first-order valence-electron chi connectivity index (χ1n) is 4.41. The van der Waals surface area contributed by atoms with Crippen LogP contribution in [0.15, 0.2) is 18.2 Å². The molecule has 0 aromatic heterocycles. The van der Waals surface area contributed by atoms with Gasteiger partial charge < -0.3 is 4.74 Å². The third-order valence-corrected chi connectivity index (χ3v) is 1.75. The zero-order chi connectivity index (χ0) is 12.3. The van der Waals surface area contributed by atoms with Crippen molar-refractivity contribution in [2.24, 2.45) is 0 Å². The maximum absolute atomic E-state index is 12.9. The molecular weight excluding hydrogens is 228 g/mol. The van der Waals surface area contributed by atoms with Gasteiger partial charge in [-0.1, -0.05) is 6.92 Å². The molecule has 0 aliphatic heterocycles. The first kappa shape index (κ1) is 12.5. The molecule has 1 aromatic carbocycles. The van der Waals surface area contributed by atoms with Gasteiger partial charge in [-0.05, 0) is 12.1 Å². The molecule has 0 unspecified atom stereocenters. The lowest BCUT2D eigenvalue weighted by Gasteiger charge is -2.09. The largest absolute Gasteiger partial charge is 0.573 e. The fourth-order valence-corrected chi connectivity index (χ4v) is 1.12. The lowest BCUT2D eigenvalue weighted by Crippen LogP contribution is -2.17. The standard InChI is InChI=1S/C10H8F4O2/c1-2-9(15)6-3-7(11)5-8(4-6)16-10(12,13)14/h3-5H,2H2,1H3. The van der Waals surface area contributed by atoms with Crippen molar-refractivity contribution in [3.05, 3.63) is 29.6 Å². The first-order chi connectivity index (χ1) is 7.31. The number of Topliss-reactive ketones (excluding diaryl/α,β-unsaturated/α-hetero) is 1. The van der Waals surface area contributed by atoms with Crippen LogP contribution >= 0.6 is 0 Å². The van der Waals surface area contributed by atoms with E-state index in [2.05, 4.69) is 4.74 Å². The molecule has 0 radical (unpaired) electrons. The summed E-state index contributed by atoms with van der Waals surface area (Å²) in [4.78, 5) is 11.2. The summed E-state index contributed by atoms with van der Waals surface area (Å²) in [5.74, 6) is -2.13. The highest BCUT2D eigenvalue weighted by atomic mass is 19.4. The van der Waals surface area contributed by atoms with E-state index in [1.54, 1.807) is 0 Å². The Morgan fingerprint density at radius 1 is 1.31 bits per heavy atom. The topological polar surface area (TPSA) is 26.3 Å². The number of halogens is 4. The number of carbonyl (C=O) groups is 1. The molecule has 0 heterocycles. The Hall–Kier alpha value is -1.59. The minimum absolute atomic E-state index is 0.0783. The molecule has 0 amide bonds. The summed E-state index contributed by atoms with van der Waals surface area (Å²) in [6.07, 6.45) is -4.82. The Morgan fingerprint density at radius 3 is 2.44 bits per heavy atom. The van der Waals surface area contributed by atoms with E-state index in [0.717, 1.165) is 12.1 Å². The van der Waals surface area contributed by atoms with Crippen molar-refractivity contribution < 1.29 is 27.1 Å². The van der Waals surface area contributed by atoms with Gasteiger partial charge in [-0.25, -0.2) is 4.39 Å². The van der Waals surface area contributed by atoms with Gasteiger partial charge in [0.2, 0.25) is 0 Å². The zero-order valence-corrected chi connectivity index (χ0v) is 8.27. The summed E-state index contributed by atoms with van der Waals surface area (Å²) in [6.45, 7) is 1.53. The first-order valence-corrected chi connectivity index (χ1v) is 4.41. The molecule has 0 spiro atoms. The normalized spacial score (nSPS) is 11.3. The van der Waals surface area contributed by atoms with Crippen molar-refractivity contribution in [2.75, 3.05) is 0 Å². The molecule has 6 heteroatoms. The monoisotopic (exact) mass is 236 g/mol. The van der Waals surface area contributed by atoms with Gasteiger partial charge in [0.1, 0.15) is 11.6 Å². The second kappa shape index (κ2) is 4.51. The average molecular weight is 236 g/mol. The molecule has 16 heavy (non-hydrogen) atoms. The molecule has 2 nitrogen and oxygen atoms in total. The summed E-state index contributed by atoms with van der Waals surface area (Å²) in [5.41, 5.74) is -0.137. The van der Waals surface area contributed by atoms with Crippen molar-refractivity contribution in [1.29, 1.82) is 0 Å². The van der Waals surface area contributed by atoms with Gasteiger partial charge in [0.05, 0.1) is 0 Å². The average Bonchev–Trinajstić information content (AvgIpc) is 2.12. The summed E-state index contributed by atoms with van der Waals surface area (Å²) in [5, 5.41) is 0. The van der Waals surface area contributed by atoms with Crippen molar-refractivity contribution >= 4 is 5.78 Å². The number of alkyl halides is 3. The number of hydrogen-bond donors (Lipinski definition) is 0. The fourth-order valence-electron chi connectivity index (χ4n) is 1.12. The van der Waals surface area contributed by atoms with Gasteiger partial charge in [-0.15, -0.1) is 13.2 Å². The Labute approximate surface area is 88.8 Å². The lowest BCUT2D eigenvalue weighted by atomic mass is 10.1. The van der Waals surface area contributed by atoms with E-state index in [0.29, 0.717) is 6.07 Å². The second-order valence-corrected chi connectivity index (χ2v) is 3.00. The van der Waals surface area contributed by atoms with Crippen LogP contribution in [0.1, 0.15) is 23.7 Å². The molecule has 1 aromatic rings. The van der Waals surface area contributed by atoms with Crippen LogP contribution in [0.2, 0.25) is 0 Å². The number of ketones is 1. The maximum atomic E-state index is 12.9. The molecular formula is C10H8F4O2. The summed E-state index contributed by atoms with van der Waals surface area (Å²) < 4.78 is 52.0. The van der Waals surface area contributed by atoms with Gasteiger partial charge in [0.25, 0.3) is 0 Å². The van der Waals surface area contributed by atoms with Gasteiger partial charge in [0, 0.05) is 18.1 Å². The number of carbonyl (C=O) groups excluding carboxylic acids is 1. The van der Waals surface area contributed by atoms with Crippen LogP contribution in [-0.2, 0) is 0 Å². The minimum Gasteiger partial charge on any atom is -0.406 e. The molecule has 0 saturated heterocycles. The van der Waals surface area contributed by atoms with Crippen LogP contribution < -0.4 is 4.74 Å². The molecule has 0 aliphatic rings. The van der Waals surface area contributed by atoms with Crippen LogP contribution in [0.5, 0.6) is 5.75 Å². The van der Waals surface area contributed by atoms with Crippen molar-refractivity contribution in [3.8, 4) is 5.75 Å². The van der Waals surface area contributed by atoms with E-state index in [1.807, 2.05) is 0 Å². The van der Waals surface area contributed by atoms with E-state index < -0.39 is 23.7 Å². The van der Waals surface area contributed by atoms with Crippen LogP contribution in [0.3, 0.4) is 0 Å². The van der Waals surface area contributed by atoms with Crippen LogP contribution in [0, 0.1) is 5.82 Å². The van der Waals surface area contributed by atoms with Gasteiger partial charge in [-0.3, -0.25) is 4.79 Å². The number of benzene rings is 1. The predicted octanol–water partition coefficient (Wildman–Crippen LogP) is 3.32. The van der Waals surface area contributed by atoms with Crippen LogP contribution in [0.4, 0.5) is 17.6 Å². The fraction of sp³-hybridized carbons (Fsp3) is 0.300. The lowest BCUT2D eigenvalue weighted by molar-refractivity contribution is -0.274. The Balaban J connectivity index is 3.03. The van der Waals surface area contributed by atoms with E-state index >= 15 is 0 Å². The Bertz CT molecular complexity index is 398. The highest BCUT2D eigenvalue weighted by molar-refractivity contribution is 5.96. The Kier molecular flexibility index (Phi) is 3.51. The van der Waals surface area contributed by atoms with E-state index in [1.165, 1.54) is 6.92 Å². The number of hydrogen-bond acceptors (Lipinski definition) is 2. The number of ether oxygens (including phenoxy) is 1. The van der Waals surface area contributed by atoms with Gasteiger partial charge >= 0.3 is 6.36 Å². The van der Waals surface area contributed by atoms with Gasteiger partial charge in [0.15, 0.2) is 5.78 Å². The van der Waals surface area contributed by atoms with Crippen LogP contribution in [-0.4, -0.2) is 12.1 Å². The highest BCUT2D eigenvalue weighted by Crippen LogP contribution is 2.25. The number of rotatable bonds is 3. The molecule has 0 atom stereocenters. The minimum atomic E-state index is -4.90.